The van der Waals surface area contributed by atoms with E-state index in [9.17, 15) is 4.79 Å². The highest BCUT2D eigenvalue weighted by Crippen LogP contribution is 2.27. The first-order chi connectivity index (χ1) is 8.84. The third kappa shape index (κ3) is 2.02. The monoisotopic (exact) mass is 237 g/mol. The second-order valence-corrected chi connectivity index (χ2v) is 4.59. The standard InChI is InChI=1S/C16H15NO/c18-15(12-5-2-1-3-6-12)11-14-8-4-7-13-9-10-17-16(13)14/h1-8,17H,9-11H2. The largest absolute Gasteiger partial charge is 0.384 e. The van der Waals surface area contributed by atoms with Gasteiger partial charge in [-0.25, -0.2) is 0 Å². The fourth-order valence-electron chi connectivity index (χ4n) is 2.46. The highest BCUT2D eigenvalue weighted by atomic mass is 16.1. The number of rotatable bonds is 3. The maximum Gasteiger partial charge on any atom is 0.167 e. The molecule has 2 nitrogen and oxygen atoms in total. The smallest absolute Gasteiger partial charge is 0.167 e. The summed E-state index contributed by atoms with van der Waals surface area (Å²) in [5, 5.41) is 3.37. The van der Waals surface area contributed by atoms with Crippen LogP contribution in [0.25, 0.3) is 0 Å². The molecule has 0 aliphatic carbocycles. The van der Waals surface area contributed by atoms with E-state index in [1.807, 2.05) is 42.5 Å². The molecule has 2 heteroatoms. The van der Waals surface area contributed by atoms with Gasteiger partial charge in [-0.15, -0.1) is 0 Å². The van der Waals surface area contributed by atoms with E-state index in [1.165, 1.54) is 11.3 Å². The zero-order valence-electron chi connectivity index (χ0n) is 10.1. The van der Waals surface area contributed by atoms with Crippen molar-refractivity contribution in [3.63, 3.8) is 0 Å². The number of hydrogen-bond donors (Lipinski definition) is 1. The van der Waals surface area contributed by atoms with Crippen LogP contribution in [-0.4, -0.2) is 12.3 Å². The van der Waals surface area contributed by atoms with Crippen molar-refractivity contribution >= 4 is 11.5 Å². The molecule has 18 heavy (non-hydrogen) atoms. The average molecular weight is 237 g/mol. The maximum absolute atomic E-state index is 12.2. The summed E-state index contributed by atoms with van der Waals surface area (Å²) in [6.07, 6.45) is 1.53. The molecule has 2 aromatic rings. The predicted molar refractivity (Wildman–Crippen MR) is 73.1 cm³/mol. The summed E-state index contributed by atoms with van der Waals surface area (Å²) in [5.74, 6) is 0.178. The molecule has 0 amide bonds. The topological polar surface area (TPSA) is 29.1 Å². The van der Waals surface area contributed by atoms with Crippen molar-refractivity contribution in [2.24, 2.45) is 0 Å². The second kappa shape index (κ2) is 4.65. The van der Waals surface area contributed by atoms with Crippen LogP contribution in [-0.2, 0) is 12.8 Å². The Labute approximate surface area is 107 Å². The molecule has 3 rings (SSSR count). The normalized spacial score (nSPS) is 12.9. The highest BCUT2D eigenvalue weighted by Gasteiger charge is 2.16. The lowest BCUT2D eigenvalue weighted by Gasteiger charge is -2.08. The molecular formula is C16H15NO. The Balaban J connectivity index is 1.86. The molecule has 0 unspecified atom stereocenters. The lowest BCUT2D eigenvalue weighted by molar-refractivity contribution is 0.0993. The van der Waals surface area contributed by atoms with Crippen molar-refractivity contribution in [2.75, 3.05) is 11.9 Å². The van der Waals surface area contributed by atoms with E-state index < -0.39 is 0 Å². The number of Topliss-reactive ketones (excluding diaryl/α,β-unsaturated/α-hetero) is 1. The molecule has 0 bridgehead atoms. The summed E-state index contributed by atoms with van der Waals surface area (Å²) in [5.41, 5.74) is 4.39. The summed E-state index contributed by atoms with van der Waals surface area (Å²) < 4.78 is 0. The van der Waals surface area contributed by atoms with Gasteiger partial charge in [0.05, 0.1) is 0 Å². The third-order valence-corrected chi connectivity index (χ3v) is 3.38. The van der Waals surface area contributed by atoms with Gasteiger partial charge in [-0.1, -0.05) is 48.5 Å². The minimum Gasteiger partial charge on any atom is -0.384 e. The number of hydrogen-bond acceptors (Lipinski definition) is 2. The Bertz CT molecular complexity index is 575. The molecule has 0 atom stereocenters. The van der Waals surface area contributed by atoms with Gasteiger partial charge in [0, 0.05) is 24.2 Å². The van der Waals surface area contributed by atoms with Crippen molar-refractivity contribution < 1.29 is 4.79 Å². The van der Waals surface area contributed by atoms with E-state index in [2.05, 4.69) is 11.4 Å². The van der Waals surface area contributed by atoms with Gasteiger partial charge in [0.25, 0.3) is 0 Å². The van der Waals surface area contributed by atoms with Gasteiger partial charge < -0.3 is 5.32 Å². The number of carbonyl (C=O) groups excluding carboxylic acids is 1. The Morgan fingerprint density at radius 3 is 2.72 bits per heavy atom. The fourth-order valence-corrected chi connectivity index (χ4v) is 2.46. The lowest BCUT2D eigenvalue weighted by atomic mass is 9.99. The molecule has 0 saturated carbocycles. The molecular weight excluding hydrogens is 222 g/mol. The lowest BCUT2D eigenvalue weighted by Crippen LogP contribution is -2.05. The van der Waals surface area contributed by atoms with Gasteiger partial charge in [-0.2, -0.15) is 0 Å². The van der Waals surface area contributed by atoms with Gasteiger partial charge in [0.15, 0.2) is 5.78 Å². The summed E-state index contributed by atoms with van der Waals surface area (Å²) in [7, 11) is 0. The van der Waals surface area contributed by atoms with Crippen LogP contribution >= 0.6 is 0 Å². The van der Waals surface area contributed by atoms with Crippen LogP contribution in [0.5, 0.6) is 0 Å². The Morgan fingerprint density at radius 2 is 1.89 bits per heavy atom. The summed E-state index contributed by atoms with van der Waals surface area (Å²) in [4.78, 5) is 12.2. The minimum atomic E-state index is 0.178. The number of ketones is 1. The first kappa shape index (κ1) is 11.0. The van der Waals surface area contributed by atoms with E-state index in [4.69, 9.17) is 0 Å². The summed E-state index contributed by atoms with van der Waals surface area (Å²) in [6.45, 7) is 0.978. The number of benzene rings is 2. The van der Waals surface area contributed by atoms with Gasteiger partial charge in [0.1, 0.15) is 0 Å². The third-order valence-electron chi connectivity index (χ3n) is 3.38. The number of anilines is 1. The first-order valence-electron chi connectivity index (χ1n) is 6.27. The number of carbonyl (C=O) groups is 1. The van der Waals surface area contributed by atoms with E-state index >= 15 is 0 Å². The SMILES string of the molecule is O=C(Cc1cccc2c1NCC2)c1ccccc1. The molecule has 1 aliphatic rings. The number of para-hydroxylation sites is 1. The highest BCUT2D eigenvalue weighted by molar-refractivity contribution is 5.98. The quantitative estimate of drug-likeness (QED) is 0.831. The van der Waals surface area contributed by atoms with Crippen LogP contribution in [0.3, 0.4) is 0 Å². The predicted octanol–water partition coefficient (Wildman–Crippen LogP) is 3.08. The number of nitrogens with one attached hydrogen (secondary N) is 1. The molecule has 90 valence electrons. The van der Waals surface area contributed by atoms with Crippen LogP contribution in [0.4, 0.5) is 5.69 Å². The first-order valence-corrected chi connectivity index (χ1v) is 6.27. The fraction of sp³-hybridized carbons (Fsp3) is 0.188. The minimum absolute atomic E-state index is 0.178. The van der Waals surface area contributed by atoms with Crippen molar-refractivity contribution in [3.05, 3.63) is 65.2 Å². The molecule has 2 aromatic carbocycles. The molecule has 0 aromatic heterocycles. The molecule has 0 saturated heterocycles. The van der Waals surface area contributed by atoms with E-state index in [0.717, 1.165) is 24.1 Å². The molecule has 0 fully saturated rings. The summed E-state index contributed by atoms with van der Waals surface area (Å²) >= 11 is 0. The van der Waals surface area contributed by atoms with Gasteiger partial charge in [-0.3, -0.25) is 4.79 Å². The van der Waals surface area contributed by atoms with Crippen LogP contribution in [0.15, 0.2) is 48.5 Å². The molecule has 0 radical (unpaired) electrons. The number of fused-ring (bicyclic) bond motifs is 1. The molecule has 1 aliphatic heterocycles. The Hall–Kier alpha value is -2.09. The molecule has 1 heterocycles. The van der Waals surface area contributed by atoms with Crippen LogP contribution in [0.2, 0.25) is 0 Å². The average Bonchev–Trinajstić information content (AvgIpc) is 2.89. The maximum atomic E-state index is 12.2. The zero-order chi connectivity index (χ0) is 12.4. The Morgan fingerprint density at radius 1 is 1.06 bits per heavy atom. The second-order valence-electron chi connectivity index (χ2n) is 4.59. The Kier molecular flexibility index (Phi) is 2.85. The van der Waals surface area contributed by atoms with Crippen LogP contribution in [0, 0.1) is 0 Å². The van der Waals surface area contributed by atoms with Crippen molar-refractivity contribution in [2.45, 2.75) is 12.8 Å². The van der Waals surface area contributed by atoms with Crippen molar-refractivity contribution in [1.82, 2.24) is 0 Å². The van der Waals surface area contributed by atoms with Crippen molar-refractivity contribution in [1.29, 1.82) is 0 Å². The van der Waals surface area contributed by atoms with Crippen LogP contribution < -0.4 is 5.32 Å². The van der Waals surface area contributed by atoms with Gasteiger partial charge >= 0.3 is 0 Å². The van der Waals surface area contributed by atoms with E-state index in [0.29, 0.717) is 6.42 Å². The molecule has 0 spiro atoms. The van der Waals surface area contributed by atoms with Gasteiger partial charge in [-0.05, 0) is 17.5 Å². The van der Waals surface area contributed by atoms with Crippen molar-refractivity contribution in [3.8, 4) is 0 Å². The van der Waals surface area contributed by atoms with E-state index in [-0.39, 0.29) is 5.78 Å². The molecule has 1 N–H and O–H groups in total. The van der Waals surface area contributed by atoms with E-state index in [1.54, 1.807) is 0 Å². The summed E-state index contributed by atoms with van der Waals surface area (Å²) in [6, 6.07) is 15.7. The van der Waals surface area contributed by atoms with Gasteiger partial charge in [0.2, 0.25) is 0 Å². The van der Waals surface area contributed by atoms with Crippen LogP contribution in [0.1, 0.15) is 21.5 Å². The zero-order valence-corrected chi connectivity index (χ0v) is 10.1.